The lowest BCUT2D eigenvalue weighted by Crippen LogP contribution is -2.20. The number of aromatic nitrogens is 1. The van der Waals surface area contributed by atoms with Crippen LogP contribution >= 0.6 is 15.9 Å². The molecule has 1 N–H and O–H groups in total. The number of hydrogen-bond donors (Lipinski definition) is 1. The Morgan fingerprint density at radius 3 is 2.50 bits per heavy atom. The molecule has 0 fully saturated rings. The van der Waals surface area contributed by atoms with Crippen LogP contribution in [0.4, 0.5) is 0 Å². The van der Waals surface area contributed by atoms with Gasteiger partial charge in [-0.1, -0.05) is 6.07 Å². The fraction of sp³-hybridized carbons (Fsp3) is 0.312. The Balaban J connectivity index is 2.46. The van der Waals surface area contributed by atoms with Crippen LogP contribution in [0.2, 0.25) is 0 Å². The van der Waals surface area contributed by atoms with Gasteiger partial charge in [0, 0.05) is 10.7 Å². The second kappa shape index (κ2) is 6.37. The fourth-order valence-corrected chi connectivity index (χ4v) is 2.60. The van der Waals surface area contributed by atoms with Gasteiger partial charge in [0.05, 0.1) is 18.8 Å². The second-order valence-corrected chi connectivity index (χ2v) is 5.72. The van der Waals surface area contributed by atoms with Gasteiger partial charge < -0.3 is 10.1 Å². The molecule has 2 rings (SSSR count). The molecule has 0 aliphatic carbocycles. The second-order valence-electron chi connectivity index (χ2n) is 4.80. The van der Waals surface area contributed by atoms with Crippen molar-refractivity contribution in [1.29, 1.82) is 0 Å². The van der Waals surface area contributed by atoms with Gasteiger partial charge in [0.25, 0.3) is 0 Å². The Hall–Kier alpha value is -1.39. The highest BCUT2D eigenvalue weighted by molar-refractivity contribution is 9.10. The molecule has 3 nitrogen and oxygen atoms in total. The Labute approximate surface area is 128 Å². The molecule has 1 unspecified atom stereocenters. The molecule has 1 aromatic carbocycles. The van der Waals surface area contributed by atoms with Gasteiger partial charge in [-0.3, -0.25) is 4.98 Å². The van der Waals surface area contributed by atoms with Crippen LogP contribution in [0.15, 0.2) is 34.9 Å². The molecular weight excluding hydrogens is 316 g/mol. The molecule has 0 amide bonds. The van der Waals surface area contributed by atoms with E-state index in [1.165, 1.54) is 11.1 Å². The molecule has 0 spiro atoms. The smallest absolute Gasteiger partial charge is 0.122 e. The lowest BCUT2D eigenvalue weighted by atomic mass is 9.96. The SMILES string of the molecule is CNC(c1ccc(Br)cn1)c1cc(C)c(OC)cc1C. The molecule has 20 heavy (non-hydrogen) atoms. The molecule has 0 bridgehead atoms. The molecule has 106 valence electrons. The Morgan fingerprint density at radius 2 is 1.95 bits per heavy atom. The number of hydrogen-bond acceptors (Lipinski definition) is 3. The zero-order chi connectivity index (χ0) is 14.7. The molecule has 4 heteroatoms. The number of pyridine rings is 1. The standard InChI is InChI=1S/C16H19BrN2O/c1-10-8-15(20-4)11(2)7-13(10)16(18-3)14-6-5-12(17)9-19-14/h5-9,16,18H,1-4H3. The topological polar surface area (TPSA) is 34.2 Å². The largest absolute Gasteiger partial charge is 0.496 e. The monoisotopic (exact) mass is 334 g/mol. The summed E-state index contributed by atoms with van der Waals surface area (Å²) in [5.74, 6) is 0.921. The summed E-state index contributed by atoms with van der Waals surface area (Å²) in [7, 11) is 3.65. The molecular formula is C16H19BrN2O. The first kappa shape index (κ1) is 15.0. The molecule has 0 saturated heterocycles. The number of methoxy groups -OCH3 is 1. The minimum Gasteiger partial charge on any atom is -0.496 e. The van der Waals surface area contributed by atoms with Crippen molar-refractivity contribution in [3.8, 4) is 5.75 Å². The summed E-state index contributed by atoms with van der Waals surface area (Å²) < 4.78 is 6.36. The van der Waals surface area contributed by atoms with Crippen LogP contribution in [0.5, 0.6) is 5.75 Å². The molecule has 1 atom stereocenters. The van der Waals surface area contributed by atoms with Gasteiger partial charge in [0.15, 0.2) is 0 Å². The highest BCUT2D eigenvalue weighted by Gasteiger charge is 2.17. The van der Waals surface area contributed by atoms with Gasteiger partial charge in [-0.05, 0) is 71.7 Å². The third kappa shape index (κ3) is 3.02. The van der Waals surface area contributed by atoms with E-state index < -0.39 is 0 Å². The normalized spacial score (nSPS) is 12.2. The van der Waals surface area contributed by atoms with E-state index >= 15 is 0 Å². The van der Waals surface area contributed by atoms with Gasteiger partial charge in [0.1, 0.15) is 5.75 Å². The van der Waals surface area contributed by atoms with Crippen LogP contribution in [0, 0.1) is 13.8 Å². The molecule has 2 aromatic rings. The minimum absolute atomic E-state index is 0.0766. The van der Waals surface area contributed by atoms with Crippen molar-refractivity contribution in [2.75, 3.05) is 14.2 Å². The minimum atomic E-state index is 0.0766. The average molecular weight is 335 g/mol. The van der Waals surface area contributed by atoms with Crippen molar-refractivity contribution < 1.29 is 4.74 Å². The first-order valence-electron chi connectivity index (χ1n) is 6.50. The summed E-state index contributed by atoms with van der Waals surface area (Å²) >= 11 is 3.42. The lowest BCUT2D eigenvalue weighted by molar-refractivity contribution is 0.411. The van der Waals surface area contributed by atoms with E-state index in [0.29, 0.717) is 0 Å². The van der Waals surface area contributed by atoms with Crippen molar-refractivity contribution in [3.05, 3.63) is 57.3 Å². The van der Waals surface area contributed by atoms with Crippen LogP contribution in [0.1, 0.15) is 28.4 Å². The van der Waals surface area contributed by atoms with Crippen molar-refractivity contribution in [1.82, 2.24) is 10.3 Å². The maximum atomic E-state index is 5.37. The lowest BCUT2D eigenvalue weighted by Gasteiger charge is -2.20. The highest BCUT2D eigenvalue weighted by Crippen LogP contribution is 2.29. The van der Waals surface area contributed by atoms with E-state index in [0.717, 1.165) is 21.5 Å². The third-order valence-corrected chi connectivity index (χ3v) is 3.90. The Morgan fingerprint density at radius 1 is 1.20 bits per heavy atom. The van der Waals surface area contributed by atoms with Gasteiger partial charge in [-0.2, -0.15) is 0 Å². The molecule has 1 aromatic heterocycles. The van der Waals surface area contributed by atoms with Gasteiger partial charge in [-0.15, -0.1) is 0 Å². The molecule has 1 heterocycles. The molecule has 0 aliphatic rings. The number of halogens is 1. The Bertz CT molecular complexity index is 596. The van der Waals surface area contributed by atoms with Gasteiger partial charge in [-0.25, -0.2) is 0 Å². The van der Waals surface area contributed by atoms with Crippen molar-refractivity contribution >= 4 is 15.9 Å². The Kier molecular flexibility index (Phi) is 4.78. The van der Waals surface area contributed by atoms with Crippen molar-refractivity contribution in [2.45, 2.75) is 19.9 Å². The average Bonchev–Trinajstić information content (AvgIpc) is 2.45. The number of rotatable bonds is 4. The number of nitrogens with one attached hydrogen (secondary N) is 1. The van der Waals surface area contributed by atoms with Gasteiger partial charge in [0.2, 0.25) is 0 Å². The predicted octanol–water partition coefficient (Wildman–Crippen LogP) is 3.78. The third-order valence-electron chi connectivity index (χ3n) is 3.43. The zero-order valence-corrected chi connectivity index (χ0v) is 13.8. The van der Waals surface area contributed by atoms with Crippen LogP contribution in [-0.4, -0.2) is 19.1 Å². The van der Waals surface area contributed by atoms with Gasteiger partial charge >= 0.3 is 0 Å². The van der Waals surface area contributed by atoms with Crippen LogP contribution < -0.4 is 10.1 Å². The van der Waals surface area contributed by atoms with E-state index in [2.05, 4.69) is 52.2 Å². The maximum absolute atomic E-state index is 5.37. The van der Waals surface area contributed by atoms with E-state index in [1.54, 1.807) is 7.11 Å². The van der Waals surface area contributed by atoms with Crippen LogP contribution in [0.3, 0.4) is 0 Å². The zero-order valence-electron chi connectivity index (χ0n) is 12.2. The van der Waals surface area contributed by atoms with Crippen molar-refractivity contribution in [3.63, 3.8) is 0 Å². The summed E-state index contributed by atoms with van der Waals surface area (Å²) in [6.07, 6.45) is 1.82. The number of benzene rings is 1. The first-order valence-corrected chi connectivity index (χ1v) is 7.30. The fourth-order valence-electron chi connectivity index (χ4n) is 2.36. The van der Waals surface area contributed by atoms with Crippen LogP contribution in [-0.2, 0) is 0 Å². The molecule has 0 aliphatic heterocycles. The summed E-state index contributed by atoms with van der Waals surface area (Å²) in [4.78, 5) is 4.50. The quantitative estimate of drug-likeness (QED) is 0.923. The first-order chi connectivity index (χ1) is 9.56. The van der Waals surface area contributed by atoms with E-state index in [9.17, 15) is 0 Å². The predicted molar refractivity (Wildman–Crippen MR) is 85.3 cm³/mol. The molecule has 0 saturated carbocycles. The van der Waals surface area contributed by atoms with E-state index in [4.69, 9.17) is 4.74 Å². The number of aryl methyl sites for hydroxylation is 2. The summed E-state index contributed by atoms with van der Waals surface area (Å²) in [6.45, 7) is 4.16. The summed E-state index contributed by atoms with van der Waals surface area (Å²) in [5.41, 5.74) is 4.55. The van der Waals surface area contributed by atoms with E-state index in [-0.39, 0.29) is 6.04 Å². The highest BCUT2D eigenvalue weighted by atomic mass is 79.9. The number of nitrogens with zero attached hydrogens (tertiary/aromatic N) is 1. The number of ether oxygens (including phenoxy) is 1. The molecule has 0 radical (unpaired) electrons. The van der Waals surface area contributed by atoms with E-state index in [1.807, 2.05) is 25.4 Å². The maximum Gasteiger partial charge on any atom is 0.122 e. The summed E-state index contributed by atoms with van der Waals surface area (Å²) in [6, 6.07) is 8.36. The van der Waals surface area contributed by atoms with Crippen molar-refractivity contribution in [2.24, 2.45) is 0 Å². The summed E-state index contributed by atoms with van der Waals surface area (Å²) in [5, 5.41) is 3.34. The van der Waals surface area contributed by atoms with Crippen LogP contribution in [0.25, 0.3) is 0 Å².